The first kappa shape index (κ1) is 23.9. The van der Waals surface area contributed by atoms with Gasteiger partial charge in [-0.25, -0.2) is 9.97 Å². The van der Waals surface area contributed by atoms with Crippen molar-refractivity contribution in [2.45, 2.75) is 38.5 Å². The smallest absolute Gasteiger partial charge is 0.249 e. The quantitative estimate of drug-likeness (QED) is 0.230. The monoisotopic (exact) mass is 493 g/mol. The first-order valence-corrected chi connectivity index (χ1v) is 12.2. The second kappa shape index (κ2) is 10.8. The molecule has 0 fully saturated rings. The highest BCUT2D eigenvalue weighted by atomic mass is 35.5. The molecule has 34 heavy (non-hydrogen) atoms. The van der Waals surface area contributed by atoms with Crippen molar-refractivity contribution < 1.29 is 9.21 Å². The summed E-state index contributed by atoms with van der Waals surface area (Å²) in [5, 5.41) is 9.30. The number of hydrogen-bond donors (Lipinski definition) is 0. The van der Waals surface area contributed by atoms with E-state index in [0.29, 0.717) is 27.5 Å². The molecule has 2 heterocycles. The second-order valence-corrected chi connectivity index (χ2v) is 9.28. The Kier molecular flexibility index (Phi) is 7.59. The van der Waals surface area contributed by atoms with E-state index in [1.165, 1.54) is 11.8 Å². The van der Waals surface area contributed by atoms with Gasteiger partial charge in [-0.1, -0.05) is 65.8 Å². The third kappa shape index (κ3) is 5.81. The fourth-order valence-electron chi connectivity index (χ4n) is 3.34. The highest BCUT2D eigenvalue weighted by molar-refractivity contribution is 7.99. The van der Waals surface area contributed by atoms with Gasteiger partial charge in [0, 0.05) is 17.3 Å². The van der Waals surface area contributed by atoms with Gasteiger partial charge in [-0.05, 0) is 39.0 Å². The van der Waals surface area contributed by atoms with Crippen LogP contribution in [0.3, 0.4) is 0 Å². The molecule has 0 aliphatic heterocycles. The van der Waals surface area contributed by atoms with E-state index < -0.39 is 0 Å². The van der Waals surface area contributed by atoms with Crippen molar-refractivity contribution in [3.05, 3.63) is 77.3 Å². The molecule has 4 rings (SSSR count). The highest BCUT2D eigenvalue weighted by Gasteiger charge is 2.22. The number of aromatic nitrogens is 4. The van der Waals surface area contributed by atoms with Crippen molar-refractivity contribution in [1.29, 1.82) is 0 Å². The van der Waals surface area contributed by atoms with Gasteiger partial charge in [0.15, 0.2) is 5.16 Å². The highest BCUT2D eigenvalue weighted by Crippen LogP contribution is 2.27. The van der Waals surface area contributed by atoms with Crippen molar-refractivity contribution in [1.82, 2.24) is 25.1 Å². The number of nitrogens with zero attached hydrogens (tertiary/aromatic N) is 5. The summed E-state index contributed by atoms with van der Waals surface area (Å²) in [7, 11) is 0. The number of aryl methyl sites for hydroxylation is 1. The summed E-state index contributed by atoms with van der Waals surface area (Å²) in [5.41, 5.74) is 3.35. The van der Waals surface area contributed by atoms with Gasteiger partial charge in [-0.15, -0.1) is 10.2 Å². The lowest BCUT2D eigenvalue weighted by Crippen LogP contribution is -2.37. The first-order chi connectivity index (χ1) is 16.4. The van der Waals surface area contributed by atoms with Crippen LogP contribution < -0.4 is 0 Å². The number of thioether (sulfide) groups is 1. The summed E-state index contributed by atoms with van der Waals surface area (Å²) >= 11 is 7.54. The minimum absolute atomic E-state index is 0.0536. The van der Waals surface area contributed by atoms with Crippen LogP contribution in [0.1, 0.15) is 25.4 Å². The SMILES string of the molecule is Cc1cc(-c2ccccc2)nc(SCC(=O)N(Cc2nnc(-c3ccccc3Cl)o2)C(C)C)n1. The molecule has 0 atom stereocenters. The maximum absolute atomic E-state index is 13.1. The number of rotatable bonds is 8. The Morgan fingerprint density at radius 1 is 1.06 bits per heavy atom. The number of benzene rings is 2. The maximum Gasteiger partial charge on any atom is 0.249 e. The summed E-state index contributed by atoms with van der Waals surface area (Å²) in [5.74, 6) is 0.804. The van der Waals surface area contributed by atoms with Gasteiger partial charge < -0.3 is 9.32 Å². The van der Waals surface area contributed by atoms with Crippen molar-refractivity contribution >= 4 is 29.3 Å². The van der Waals surface area contributed by atoms with Crippen molar-refractivity contribution in [3.63, 3.8) is 0 Å². The van der Waals surface area contributed by atoms with Gasteiger partial charge in [0.1, 0.15) is 0 Å². The Morgan fingerprint density at radius 3 is 2.53 bits per heavy atom. The zero-order chi connectivity index (χ0) is 24.1. The van der Waals surface area contributed by atoms with Crippen molar-refractivity contribution in [2.75, 3.05) is 5.75 Å². The molecule has 174 valence electrons. The maximum atomic E-state index is 13.1. The van der Waals surface area contributed by atoms with Gasteiger partial charge in [0.2, 0.25) is 17.7 Å². The Balaban J connectivity index is 1.44. The lowest BCUT2D eigenvalue weighted by Gasteiger charge is -2.25. The van der Waals surface area contributed by atoms with Crippen molar-refractivity contribution in [2.24, 2.45) is 0 Å². The van der Waals surface area contributed by atoms with E-state index in [9.17, 15) is 4.79 Å². The lowest BCUT2D eigenvalue weighted by atomic mass is 10.1. The molecule has 0 aliphatic rings. The van der Waals surface area contributed by atoms with Crippen LogP contribution in [-0.4, -0.2) is 42.8 Å². The van der Waals surface area contributed by atoms with Gasteiger partial charge >= 0.3 is 0 Å². The predicted molar refractivity (Wildman–Crippen MR) is 133 cm³/mol. The Bertz CT molecular complexity index is 1280. The minimum Gasteiger partial charge on any atom is -0.419 e. The number of halogens is 1. The molecule has 1 amide bonds. The van der Waals surface area contributed by atoms with Crippen LogP contribution in [0.4, 0.5) is 0 Å². The Morgan fingerprint density at radius 2 is 1.79 bits per heavy atom. The number of amides is 1. The van der Waals surface area contributed by atoms with Crippen LogP contribution >= 0.6 is 23.4 Å². The molecule has 0 N–H and O–H groups in total. The van der Waals surface area contributed by atoms with Gasteiger partial charge in [-0.2, -0.15) is 0 Å². The summed E-state index contributed by atoms with van der Waals surface area (Å²) in [4.78, 5) is 23.9. The fourth-order valence-corrected chi connectivity index (χ4v) is 4.34. The van der Waals surface area contributed by atoms with Crippen LogP contribution in [0.25, 0.3) is 22.7 Å². The number of carbonyl (C=O) groups is 1. The average molecular weight is 494 g/mol. The Labute approximate surface area is 207 Å². The molecule has 0 radical (unpaired) electrons. The molecule has 7 nitrogen and oxygen atoms in total. The first-order valence-electron chi connectivity index (χ1n) is 10.8. The summed E-state index contributed by atoms with van der Waals surface area (Å²) < 4.78 is 5.79. The molecule has 4 aromatic rings. The number of carbonyl (C=O) groups excluding carboxylic acids is 1. The molecule has 0 saturated heterocycles. The van der Waals surface area contributed by atoms with Crippen LogP contribution in [0.15, 0.2) is 70.2 Å². The van der Waals surface area contributed by atoms with E-state index in [1.807, 2.05) is 75.4 Å². The summed E-state index contributed by atoms with van der Waals surface area (Å²) in [6.45, 7) is 6.03. The molecular formula is C25H24ClN5O2S. The van der Waals surface area contributed by atoms with Gasteiger partial charge in [-0.3, -0.25) is 4.79 Å². The molecule has 0 aliphatic carbocycles. The molecular weight excluding hydrogens is 470 g/mol. The van der Waals surface area contributed by atoms with Crippen LogP contribution in [0.5, 0.6) is 0 Å². The van der Waals surface area contributed by atoms with Crippen LogP contribution in [-0.2, 0) is 11.3 Å². The topological polar surface area (TPSA) is 85.0 Å². The third-order valence-electron chi connectivity index (χ3n) is 5.05. The average Bonchev–Trinajstić information content (AvgIpc) is 3.30. The normalized spacial score (nSPS) is 11.1. The summed E-state index contributed by atoms with van der Waals surface area (Å²) in [6.07, 6.45) is 0. The predicted octanol–water partition coefficient (Wildman–Crippen LogP) is 5.68. The standard InChI is InChI=1S/C25H24ClN5O2S/c1-16(2)31(14-22-29-30-24(33-22)19-11-7-8-12-20(19)26)23(32)15-34-25-27-17(3)13-21(28-25)18-9-5-4-6-10-18/h4-13,16H,14-15H2,1-3H3. The molecule has 2 aromatic carbocycles. The number of hydrogen-bond acceptors (Lipinski definition) is 7. The molecule has 2 aromatic heterocycles. The van der Waals surface area contributed by atoms with Gasteiger partial charge in [0.25, 0.3) is 0 Å². The van der Waals surface area contributed by atoms with E-state index in [-0.39, 0.29) is 24.2 Å². The van der Waals surface area contributed by atoms with E-state index in [2.05, 4.69) is 20.2 Å². The van der Waals surface area contributed by atoms with E-state index in [4.69, 9.17) is 16.0 Å². The lowest BCUT2D eigenvalue weighted by molar-refractivity contribution is -0.131. The van der Waals surface area contributed by atoms with E-state index in [1.54, 1.807) is 11.0 Å². The zero-order valence-electron chi connectivity index (χ0n) is 19.1. The van der Waals surface area contributed by atoms with Crippen LogP contribution in [0, 0.1) is 6.92 Å². The minimum atomic E-state index is -0.0659. The van der Waals surface area contributed by atoms with Crippen molar-refractivity contribution in [3.8, 4) is 22.7 Å². The molecule has 0 saturated carbocycles. The zero-order valence-corrected chi connectivity index (χ0v) is 20.7. The molecule has 0 bridgehead atoms. The molecule has 0 unspecified atom stereocenters. The van der Waals surface area contributed by atoms with E-state index >= 15 is 0 Å². The largest absolute Gasteiger partial charge is 0.419 e. The van der Waals surface area contributed by atoms with Crippen LogP contribution in [0.2, 0.25) is 5.02 Å². The molecule has 9 heteroatoms. The fraction of sp³-hybridized carbons (Fsp3) is 0.240. The van der Waals surface area contributed by atoms with Gasteiger partial charge in [0.05, 0.1) is 28.6 Å². The Hall–Kier alpha value is -3.23. The van der Waals surface area contributed by atoms with E-state index in [0.717, 1.165) is 17.0 Å². The summed E-state index contributed by atoms with van der Waals surface area (Å²) in [6, 6.07) is 19.1. The molecule has 0 spiro atoms. The second-order valence-electron chi connectivity index (χ2n) is 7.93. The third-order valence-corrected chi connectivity index (χ3v) is 6.21.